The van der Waals surface area contributed by atoms with Crippen LogP contribution >= 0.6 is 0 Å². The van der Waals surface area contributed by atoms with Crippen LogP contribution in [0.15, 0.2) is 95.6 Å². The average molecular weight is 674 g/mol. The molecule has 4 rings (SSSR count). The van der Waals surface area contributed by atoms with Gasteiger partial charge in [0, 0.05) is 0 Å². The Balaban J connectivity index is 0. The molecule has 3 aromatic rings. The van der Waals surface area contributed by atoms with Gasteiger partial charge in [0.15, 0.2) is 0 Å². The van der Waals surface area contributed by atoms with Crippen molar-refractivity contribution in [3.8, 4) is 0 Å². The predicted octanol–water partition coefficient (Wildman–Crippen LogP) is 0.789. The van der Waals surface area contributed by atoms with Crippen molar-refractivity contribution in [3.63, 3.8) is 0 Å². The molecule has 0 saturated carbocycles. The Hall–Kier alpha value is -1.39. The maximum Gasteiger partial charge on any atom is 4.00 e. The quantitative estimate of drug-likeness (QED) is 0.284. The Labute approximate surface area is 240 Å². The summed E-state index contributed by atoms with van der Waals surface area (Å²) in [4.78, 5) is 0. The van der Waals surface area contributed by atoms with E-state index < -0.39 is 0 Å². The number of hydrogen-bond donors (Lipinski definition) is 0. The monoisotopic (exact) mass is 674 g/mol. The van der Waals surface area contributed by atoms with E-state index in [2.05, 4.69) is 101 Å². The van der Waals surface area contributed by atoms with Crippen LogP contribution in [-0.2, 0) is 25.8 Å². The summed E-state index contributed by atoms with van der Waals surface area (Å²) in [5, 5.41) is 2.90. The second kappa shape index (κ2) is 18.0. The fraction of sp³-hybridized carbons (Fsp3) is 0.241. The van der Waals surface area contributed by atoms with Gasteiger partial charge in [-0.15, -0.1) is 12.6 Å². The first-order chi connectivity index (χ1) is 14.8. The van der Waals surface area contributed by atoms with Crippen molar-refractivity contribution in [2.45, 2.75) is 41.5 Å². The maximum atomic E-state index is 7.28. The molecular weight excluding hydrogens is 640 g/mol. The second-order valence-corrected chi connectivity index (χ2v) is 9.76. The standard InChI is InChI=1S/C12H11Si.C9H13.C8H10N.2ClH.Hf/c1-3-7-11(8-4-1)13-12-9-5-2-6-10-12;1-6-5-7(2)9(4)8(6)3;1-6-3-7(2)5-8(9)4-6;;;/h1-10,13H;6H,1-4H3;3-5,9H,1-2H3;2*1H;/q;2*-1;;;+4/p-2. The first kappa shape index (κ1) is 34.8. The number of rotatable bonds is 2. The topological polar surface area (TPSA) is 23.8 Å². The summed E-state index contributed by atoms with van der Waals surface area (Å²) in [6, 6.07) is 27.1. The molecule has 1 unspecified atom stereocenters. The summed E-state index contributed by atoms with van der Waals surface area (Å²) in [7, 11) is 0.271. The Morgan fingerprint density at radius 1 is 0.706 bits per heavy atom. The van der Waals surface area contributed by atoms with Gasteiger partial charge in [0.25, 0.3) is 0 Å². The molecular formula is C29H34Cl2HfNSi. The smallest absolute Gasteiger partial charge is 1.00 e. The Bertz CT molecular complexity index is 947. The minimum atomic E-state index is 0. The van der Waals surface area contributed by atoms with E-state index in [1.807, 2.05) is 26.0 Å². The summed E-state index contributed by atoms with van der Waals surface area (Å²) < 4.78 is 0. The fourth-order valence-electron chi connectivity index (χ4n) is 3.43. The first-order valence-corrected chi connectivity index (χ1v) is 11.9. The number of hydrogen-bond acceptors (Lipinski definition) is 0. The number of allylic oxidation sites excluding steroid dienone is 4. The third-order valence-electron chi connectivity index (χ3n) is 5.39. The molecule has 0 aromatic heterocycles. The molecule has 1 atom stereocenters. The van der Waals surface area contributed by atoms with Crippen LogP contribution < -0.4 is 35.2 Å². The van der Waals surface area contributed by atoms with Crippen molar-refractivity contribution in [2.75, 3.05) is 0 Å². The van der Waals surface area contributed by atoms with Crippen LogP contribution in [0.4, 0.5) is 5.69 Å². The number of aryl methyl sites for hydroxylation is 2. The molecule has 177 valence electrons. The van der Waals surface area contributed by atoms with Gasteiger partial charge < -0.3 is 30.5 Å². The van der Waals surface area contributed by atoms with Crippen LogP contribution in [0.2, 0.25) is 0 Å². The predicted molar refractivity (Wildman–Crippen MR) is 139 cm³/mol. The van der Waals surface area contributed by atoms with Crippen LogP contribution in [0.1, 0.15) is 38.8 Å². The minimum absolute atomic E-state index is 0. The zero-order valence-corrected chi connectivity index (χ0v) is 27.2. The van der Waals surface area contributed by atoms with Gasteiger partial charge in [-0.25, -0.2) is 5.57 Å². The van der Waals surface area contributed by atoms with Crippen molar-refractivity contribution >= 4 is 25.6 Å². The Kier molecular flexibility index (Phi) is 18.4. The third-order valence-corrected chi connectivity index (χ3v) is 6.83. The van der Waals surface area contributed by atoms with Gasteiger partial charge in [-0.1, -0.05) is 127 Å². The SMILES string of the molecule is CC1=[C-]C(C)C(C)=C1C.Cc1cc(C)cc([NH-])c1.[Cl-].[Cl-].[Hf+4].c1ccc([SiH]c2ccccc2)cc1. The van der Waals surface area contributed by atoms with E-state index in [-0.39, 0.29) is 60.2 Å². The number of benzene rings is 3. The molecule has 0 bridgehead atoms. The average Bonchev–Trinajstić information content (AvgIpc) is 2.95. The van der Waals surface area contributed by atoms with Crippen molar-refractivity contribution < 1.29 is 50.7 Å². The van der Waals surface area contributed by atoms with Crippen LogP contribution in [0, 0.1) is 25.8 Å². The van der Waals surface area contributed by atoms with E-state index >= 15 is 0 Å². The van der Waals surface area contributed by atoms with E-state index in [1.165, 1.54) is 38.2 Å². The van der Waals surface area contributed by atoms with Gasteiger partial charge in [0.2, 0.25) is 0 Å². The Morgan fingerprint density at radius 3 is 1.38 bits per heavy atom. The van der Waals surface area contributed by atoms with Gasteiger partial charge in [-0.05, 0) is 13.8 Å². The summed E-state index contributed by atoms with van der Waals surface area (Å²) in [5.41, 5.74) is 14.5. The minimum Gasteiger partial charge on any atom is -1.00 e. The van der Waals surface area contributed by atoms with Gasteiger partial charge in [0.1, 0.15) is 9.52 Å². The molecule has 0 spiro atoms. The molecule has 3 aromatic carbocycles. The summed E-state index contributed by atoms with van der Waals surface area (Å²) in [6.45, 7) is 12.7. The fourth-order valence-corrected chi connectivity index (χ4v) is 4.64. The van der Waals surface area contributed by atoms with Crippen molar-refractivity contribution in [3.05, 3.63) is 119 Å². The van der Waals surface area contributed by atoms with E-state index in [0.717, 1.165) is 0 Å². The number of halogens is 2. The molecule has 0 saturated heterocycles. The van der Waals surface area contributed by atoms with Gasteiger partial charge in [-0.3, -0.25) is 6.08 Å². The molecule has 1 aliphatic rings. The van der Waals surface area contributed by atoms with Crippen LogP contribution in [0.25, 0.3) is 5.73 Å². The van der Waals surface area contributed by atoms with Crippen molar-refractivity contribution in [1.29, 1.82) is 0 Å². The molecule has 0 aliphatic heterocycles. The van der Waals surface area contributed by atoms with Crippen LogP contribution in [-0.4, -0.2) is 9.52 Å². The van der Waals surface area contributed by atoms with Crippen LogP contribution in [0.3, 0.4) is 0 Å². The molecule has 1 N–H and O–H groups in total. The van der Waals surface area contributed by atoms with E-state index in [9.17, 15) is 0 Å². The third kappa shape index (κ3) is 12.4. The molecule has 1 aliphatic carbocycles. The van der Waals surface area contributed by atoms with Gasteiger partial charge in [0.05, 0.1) is 0 Å². The summed E-state index contributed by atoms with van der Waals surface area (Å²) in [6.07, 6.45) is 3.36. The molecule has 5 heteroatoms. The zero-order chi connectivity index (χ0) is 22.8. The molecule has 0 heterocycles. The van der Waals surface area contributed by atoms with Gasteiger partial charge >= 0.3 is 25.8 Å². The largest absolute Gasteiger partial charge is 4.00 e. The molecule has 1 radical (unpaired) electrons. The maximum absolute atomic E-state index is 7.28. The van der Waals surface area contributed by atoms with Gasteiger partial charge in [-0.2, -0.15) is 11.1 Å². The van der Waals surface area contributed by atoms with Crippen LogP contribution in [0.5, 0.6) is 0 Å². The molecule has 34 heavy (non-hydrogen) atoms. The molecule has 1 nitrogen and oxygen atoms in total. The normalized spacial score (nSPS) is 13.5. The van der Waals surface area contributed by atoms with E-state index in [4.69, 9.17) is 5.73 Å². The molecule has 0 amide bonds. The second-order valence-electron chi connectivity index (χ2n) is 8.14. The van der Waals surface area contributed by atoms with E-state index in [0.29, 0.717) is 11.6 Å². The molecule has 0 fully saturated rings. The number of nitrogens with one attached hydrogen (secondary N) is 1. The van der Waals surface area contributed by atoms with E-state index in [1.54, 1.807) is 0 Å². The van der Waals surface area contributed by atoms with Crippen molar-refractivity contribution in [1.82, 2.24) is 0 Å². The summed E-state index contributed by atoms with van der Waals surface area (Å²) in [5.74, 6) is 0.560. The van der Waals surface area contributed by atoms with Crippen molar-refractivity contribution in [2.24, 2.45) is 5.92 Å². The Morgan fingerprint density at radius 2 is 1.12 bits per heavy atom. The summed E-state index contributed by atoms with van der Waals surface area (Å²) >= 11 is 0. The zero-order valence-electron chi connectivity index (χ0n) is 20.9. The first-order valence-electron chi connectivity index (χ1n) is 10.8.